The number of aromatic nitrogens is 1. The molecular weight excluding hydrogens is 264 g/mol. The van der Waals surface area contributed by atoms with Gasteiger partial charge in [0.2, 0.25) is 0 Å². The van der Waals surface area contributed by atoms with E-state index in [1.807, 2.05) is 12.1 Å². The molecule has 1 atom stereocenters. The summed E-state index contributed by atoms with van der Waals surface area (Å²) in [6.45, 7) is 7.47. The number of piperidine rings is 1. The van der Waals surface area contributed by atoms with Crippen molar-refractivity contribution in [3.8, 4) is 0 Å². The largest absolute Gasteiger partial charge is 0.367 e. The lowest BCUT2D eigenvalue weighted by Gasteiger charge is -2.38. The Kier molecular flexibility index (Phi) is 5.56. The number of rotatable bonds is 6. The monoisotopic (exact) mass is 290 g/mol. The van der Waals surface area contributed by atoms with Gasteiger partial charge in [-0.2, -0.15) is 0 Å². The molecular formula is C16H26N4O. The van der Waals surface area contributed by atoms with Crippen LogP contribution in [0.5, 0.6) is 0 Å². The Balaban J connectivity index is 2.07. The van der Waals surface area contributed by atoms with Gasteiger partial charge in [-0.25, -0.2) is 0 Å². The zero-order valence-corrected chi connectivity index (χ0v) is 13.0. The molecule has 0 saturated carbocycles. The smallest absolute Gasteiger partial charge is 0.267 e. The third-order valence-electron chi connectivity index (χ3n) is 3.89. The number of nitrogens with two attached hydrogens (primary N) is 1. The highest BCUT2D eigenvalue weighted by molar-refractivity contribution is 5.91. The van der Waals surface area contributed by atoms with Crippen molar-refractivity contribution in [3.05, 3.63) is 24.0 Å². The molecule has 1 saturated heterocycles. The van der Waals surface area contributed by atoms with Gasteiger partial charge in [-0.3, -0.25) is 9.78 Å². The van der Waals surface area contributed by atoms with Crippen LogP contribution in [0, 0.1) is 5.92 Å². The normalized spacial score (nSPS) is 19.0. The Morgan fingerprint density at radius 1 is 1.52 bits per heavy atom. The first kappa shape index (κ1) is 15.8. The van der Waals surface area contributed by atoms with E-state index in [1.54, 1.807) is 6.20 Å². The van der Waals surface area contributed by atoms with Crippen LogP contribution in [0.3, 0.4) is 0 Å². The minimum atomic E-state index is -0.469. The van der Waals surface area contributed by atoms with E-state index in [0.717, 1.165) is 25.3 Å². The summed E-state index contributed by atoms with van der Waals surface area (Å²) in [5, 5.41) is 3.54. The maximum atomic E-state index is 11.3. The van der Waals surface area contributed by atoms with Crippen LogP contribution in [-0.2, 0) is 0 Å². The molecule has 0 radical (unpaired) electrons. The Hall–Kier alpha value is -1.62. The zero-order chi connectivity index (χ0) is 15.2. The Bertz CT molecular complexity index is 475. The second-order valence-corrected chi connectivity index (χ2v) is 6.16. The fourth-order valence-corrected chi connectivity index (χ4v) is 2.82. The molecule has 21 heavy (non-hydrogen) atoms. The second-order valence-electron chi connectivity index (χ2n) is 6.16. The van der Waals surface area contributed by atoms with Crippen LogP contribution in [0.25, 0.3) is 0 Å². The summed E-state index contributed by atoms with van der Waals surface area (Å²) in [6.07, 6.45) is 5.30. The quantitative estimate of drug-likeness (QED) is 0.838. The van der Waals surface area contributed by atoms with Gasteiger partial charge in [-0.05, 0) is 43.9 Å². The molecule has 0 aliphatic carbocycles. The summed E-state index contributed by atoms with van der Waals surface area (Å²) in [7, 11) is 0. The Labute approximate surface area is 126 Å². The molecule has 0 spiro atoms. The third kappa shape index (κ3) is 4.43. The van der Waals surface area contributed by atoms with Crippen LogP contribution in [-0.4, -0.2) is 36.6 Å². The predicted molar refractivity (Wildman–Crippen MR) is 85.4 cm³/mol. The molecule has 1 fully saturated rings. The molecule has 1 aliphatic heterocycles. The van der Waals surface area contributed by atoms with Gasteiger partial charge >= 0.3 is 0 Å². The first-order chi connectivity index (χ1) is 10.1. The van der Waals surface area contributed by atoms with E-state index < -0.39 is 5.91 Å². The van der Waals surface area contributed by atoms with Gasteiger partial charge in [0.05, 0.1) is 0 Å². The number of anilines is 1. The molecule has 5 heteroatoms. The number of hydrogen-bond donors (Lipinski definition) is 2. The summed E-state index contributed by atoms with van der Waals surface area (Å²) in [5.74, 6) is 0.188. The SMILES string of the molecule is CC(C)CNCC1CCCCN1c1ccnc(C(N)=O)c1. The maximum absolute atomic E-state index is 11.3. The average molecular weight is 290 g/mol. The highest BCUT2D eigenvalue weighted by Gasteiger charge is 2.23. The molecule has 1 aliphatic rings. The van der Waals surface area contributed by atoms with Crippen molar-refractivity contribution in [2.75, 3.05) is 24.5 Å². The molecule has 0 bridgehead atoms. The highest BCUT2D eigenvalue weighted by Crippen LogP contribution is 2.24. The number of nitrogens with zero attached hydrogens (tertiary/aromatic N) is 2. The average Bonchev–Trinajstić information content (AvgIpc) is 2.47. The van der Waals surface area contributed by atoms with Crippen molar-refractivity contribution in [3.63, 3.8) is 0 Å². The standard InChI is InChI=1S/C16H26N4O/c1-12(2)10-18-11-14-5-3-4-8-20(14)13-6-7-19-15(9-13)16(17)21/h6-7,9,12,14,18H,3-5,8,10-11H2,1-2H3,(H2,17,21). The van der Waals surface area contributed by atoms with Crippen LogP contribution in [0.1, 0.15) is 43.6 Å². The number of carbonyl (C=O) groups is 1. The van der Waals surface area contributed by atoms with Gasteiger partial charge < -0.3 is 16.0 Å². The number of nitrogens with one attached hydrogen (secondary N) is 1. The lowest BCUT2D eigenvalue weighted by Crippen LogP contribution is -2.46. The second kappa shape index (κ2) is 7.41. The number of carbonyl (C=O) groups excluding carboxylic acids is 1. The lowest BCUT2D eigenvalue weighted by molar-refractivity contribution is 0.0995. The maximum Gasteiger partial charge on any atom is 0.267 e. The zero-order valence-electron chi connectivity index (χ0n) is 13.0. The summed E-state index contributed by atoms with van der Waals surface area (Å²) in [6, 6.07) is 4.25. The molecule has 0 aromatic carbocycles. The van der Waals surface area contributed by atoms with Crippen molar-refractivity contribution in [1.82, 2.24) is 10.3 Å². The van der Waals surface area contributed by atoms with Crippen LogP contribution in [0.4, 0.5) is 5.69 Å². The molecule has 1 aromatic rings. The van der Waals surface area contributed by atoms with E-state index >= 15 is 0 Å². The lowest BCUT2D eigenvalue weighted by atomic mass is 10.0. The van der Waals surface area contributed by atoms with E-state index in [0.29, 0.717) is 17.7 Å². The minimum absolute atomic E-state index is 0.340. The van der Waals surface area contributed by atoms with E-state index in [1.165, 1.54) is 19.3 Å². The molecule has 2 heterocycles. The molecule has 2 rings (SSSR count). The Morgan fingerprint density at radius 3 is 3.05 bits per heavy atom. The van der Waals surface area contributed by atoms with Gasteiger partial charge in [-0.1, -0.05) is 13.8 Å². The molecule has 1 amide bonds. The van der Waals surface area contributed by atoms with Gasteiger partial charge in [0, 0.05) is 31.0 Å². The van der Waals surface area contributed by atoms with Crippen molar-refractivity contribution in [2.24, 2.45) is 11.7 Å². The van der Waals surface area contributed by atoms with Crippen molar-refractivity contribution in [1.29, 1.82) is 0 Å². The molecule has 116 valence electrons. The summed E-state index contributed by atoms with van der Waals surface area (Å²) < 4.78 is 0. The van der Waals surface area contributed by atoms with E-state index in [-0.39, 0.29) is 0 Å². The van der Waals surface area contributed by atoms with Crippen molar-refractivity contribution in [2.45, 2.75) is 39.2 Å². The number of primary amides is 1. The van der Waals surface area contributed by atoms with Gasteiger partial charge in [0.25, 0.3) is 5.91 Å². The number of amides is 1. The number of hydrogen-bond acceptors (Lipinski definition) is 4. The topological polar surface area (TPSA) is 71.2 Å². The molecule has 5 nitrogen and oxygen atoms in total. The predicted octanol–water partition coefficient (Wildman–Crippen LogP) is 1.78. The third-order valence-corrected chi connectivity index (χ3v) is 3.89. The van der Waals surface area contributed by atoms with E-state index in [2.05, 4.69) is 29.0 Å². The van der Waals surface area contributed by atoms with Gasteiger partial charge in [0.15, 0.2) is 0 Å². The summed E-state index contributed by atoms with van der Waals surface area (Å²) >= 11 is 0. The van der Waals surface area contributed by atoms with Crippen LogP contribution < -0.4 is 16.0 Å². The molecule has 3 N–H and O–H groups in total. The van der Waals surface area contributed by atoms with Gasteiger partial charge in [0.1, 0.15) is 5.69 Å². The van der Waals surface area contributed by atoms with Crippen molar-refractivity contribution >= 4 is 11.6 Å². The Morgan fingerprint density at radius 2 is 2.33 bits per heavy atom. The fraction of sp³-hybridized carbons (Fsp3) is 0.625. The van der Waals surface area contributed by atoms with Crippen LogP contribution >= 0.6 is 0 Å². The van der Waals surface area contributed by atoms with E-state index in [9.17, 15) is 4.79 Å². The summed E-state index contributed by atoms with van der Waals surface area (Å²) in [4.78, 5) is 17.7. The first-order valence-electron chi connectivity index (χ1n) is 7.81. The first-order valence-corrected chi connectivity index (χ1v) is 7.81. The van der Waals surface area contributed by atoms with Crippen LogP contribution in [0.15, 0.2) is 18.3 Å². The fourth-order valence-electron chi connectivity index (χ4n) is 2.82. The highest BCUT2D eigenvalue weighted by atomic mass is 16.1. The van der Waals surface area contributed by atoms with E-state index in [4.69, 9.17) is 5.73 Å². The number of pyridine rings is 1. The minimum Gasteiger partial charge on any atom is -0.367 e. The van der Waals surface area contributed by atoms with Gasteiger partial charge in [-0.15, -0.1) is 0 Å². The molecule has 1 unspecified atom stereocenters. The van der Waals surface area contributed by atoms with Crippen LogP contribution in [0.2, 0.25) is 0 Å². The van der Waals surface area contributed by atoms with Crippen molar-refractivity contribution < 1.29 is 4.79 Å². The molecule has 1 aromatic heterocycles. The summed E-state index contributed by atoms with van der Waals surface area (Å²) in [5.41, 5.74) is 6.72.